The van der Waals surface area contributed by atoms with Gasteiger partial charge in [-0.2, -0.15) is 7.05 Å². The summed E-state index contributed by atoms with van der Waals surface area (Å²) in [7, 11) is 7.07. The van der Waals surface area contributed by atoms with Crippen LogP contribution in [0.3, 0.4) is 0 Å². The molecule has 2 unspecified atom stereocenters. The Kier molecular flexibility index (Phi) is 19.3. The third-order valence-electron chi connectivity index (χ3n) is 1.02. The second-order valence-electron chi connectivity index (χ2n) is 3.24. The van der Waals surface area contributed by atoms with Crippen LogP contribution < -0.4 is 0 Å². The Balaban J connectivity index is -0.000000163. The zero-order valence-electron chi connectivity index (χ0n) is 9.47. The van der Waals surface area contributed by atoms with Crippen LogP contribution >= 0.6 is 0 Å². The molecule has 86 valence electrons. The van der Waals surface area contributed by atoms with Gasteiger partial charge in [0.2, 0.25) is 0 Å². The van der Waals surface area contributed by atoms with E-state index in [2.05, 4.69) is 12.4 Å². The van der Waals surface area contributed by atoms with Crippen molar-refractivity contribution in [2.45, 2.75) is 26.1 Å². The molecule has 0 bridgehead atoms. The van der Waals surface area contributed by atoms with Crippen molar-refractivity contribution in [3.05, 3.63) is 12.4 Å². The molecule has 4 nitrogen and oxygen atoms in total. The average molecular weight is 374 g/mol. The Morgan fingerprint density at radius 3 is 1.71 bits per heavy atom. The first-order valence-electron chi connectivity index (χ1n) is 4.33. The summed E-state index contributed by atoms with van der Waals surface area (Å²) in [6.07, 6.45) is -0.530. The number of nitrogens with zero attached hydrogens (tertiary/aromatic N) is 2. The van der Waals surface area contributed by atoms with Crippen LogP contribution in [0.2, 0.25) is 0 Å². The molecule has 0 saturated heterocycles. The van der Waals surface area contributed by atoms with Crippen LogP contribution in [0.15, 0.2) is 0 Å². The molecule has 0 aromatic rings. The number of aliphatic hydroxyl groups is 2. The van der Waals surface area contributed by atoms with Crippen molar-refractivity contribution in [1.29, 1.82) is 0 Å². The fraction of sp³-hybridized carbons (Fsp3) is 0.889. The van der Waals surface area contributed by atoms with E-state index in [0.29, 0.717) is 13.1 Å². The van der Waals surface area contributed by atoms with Crippen LogP contribution in [0.4, 0.5) is 0 Å². The summed E-state index contributed by atoms with van der Waals surface area (Å²) >= 11 is 0. The molecular formula is C9H22N2O2W. The molecule has 0 saturated carbocycles. The standard InChI is InChI=1S/C5H12NO.C4H10NO.W/c1-5(7)4-6(2)3;1-4(6)3-5-2;/h5,7H,2,4H2,1,3H3;4,6H,3H2,1-2H3;/q2*-1;+2. The molecule has 0 aromatic heterocycles. The Labute approximate surface area is 102 Å². The fourth-order valence-corrected chi connectivity index (χ4v) is 0.715. The molecule has 0 amide bonds. The van der Waals surface area contributed by atoms with E-state index in [-0.39, 0.29) is 33.3 Å². The van der Waals surface area contributed by atoms with E-state index in [9.17, 15) is 0 Å². The molecule has 0 rings (SSSR count). The van der Waals surface area contributed by atoms with Crippen LogP contribution in [0.25, 0.3) is 5.32 Å². The first-order valence-corrected chi connectivity index (χ1v) is 4.33. The van der Waals surface area contributed by atoms with Crippen LogP contribution in [-0.4, -0.2) is 54.5 Å². The summed E-state index contributed by atoms with van der Waals surface area (Å²) in [6, 6.07) is 0. The van der Waals surface area contributed by atoms with Crippen LogP contribution in [-0.2, 0) is 21.1 Å². The van der Waals surface area contributed by atoms with E-state index >= 15 is 0 Å². The van der Waals surface area contributed by atoms with Crippen molar-refractivity contribution >= 4 is 0 Å². The minimum absolute atomic E-state index is 0. The first kappa shape index (κ1) is 20.0. The molecule has 0 spiro atoms. The summed E-state index contributed by atoms with van der Waals surface area (Å²) in [5.74, 6) is 0. The van der Waals surface area contributed by atoms with Crippen molar-refractivity contribution in [1.82, 2.24) is 4.90 Å². The largest absolute Gasteiger partial charge is 2.00 e. The topological polar surface area (TPSA) is 57.8 Å². The number of likely N-dealkylation sites (N-methyl/N-ethyl adjacent to an activating group) is 2. The average Bonchev–Trinajstić information content (AvgIpc) is 1.83. The number of hydrogen-bond acceptors (Lipinski definition) is 3. The smallest absolute Gasteiger partial charge is 0.663 e. The van der Waals surface area contributed by atoms with E-state index < -0.39 is 0 Å². The molecule has 0 heterocycles. The minimum atomic E-state index is -0.269. The molecular weight excluding hydrogens is 352 g/mol. The molecule has 0 aliphatic carbocycles. The van der Waals surface area contributed by atoms with Gasteiger partial charge in [-0.15, -0.1) is 6.54 Å². The zero-order chi connectivity index (χ0) is 10.9. The third-order valence-corrected chi connectivity index (χ3v) is 1.02. The van der Waals surface area contributed by atoms with E-state index in [1.165, 1.54) is 0 Å². The van der Waals surface area contributed by atoms with Gasteiger partial charge in [0.25, 0.3) is 0 Å². The molecule has 2 atom stereocenters. The zero-order valence-corrected chi connectivity index (χ0v) is 12.4. The van der Waals surface area contributed by atoms with Crippen molar-refractivity contribution in [3.63, 3.8) is 0 Å². The Bertz CT molecular complexity index is 94.8. The second kappa shape index (κ2) is 13.5. The molecule has 0 radical (unpaired) electrons. The molecule has 0 fully saturated rings. The van der Waals surface area contributed by atoms with Crippen molar-refractivity contribution in [2.24, 2.45) is 0 Å². The quantitative estimate of drug-likeness (QED) is 0.704. The van der Waals surface area contributed by atoms with Gasteiger partial charge >= 0.3 is 21.1 Å². The maximum atomic E-state index is 8.64. The molecule has 0 aliphatic rings. The van der Waals surface area contributed by atoms with Gasteiger partial charge in [-0.05, 0) is 27.4 Å². The van der Waals surface area contributed by atoms with Crippen molar-refractivity contribution in [3.8, 4) is 0 Å². The van der Waals surface area contributed by atoms with Gasteiger partial charge in [-0.25, -0.2) is 0 Å². The summed E-state index contributed by atoms with van der Waals surface area (Å²) in [5, 5.41) is 20.8. The number of hydrogen-bond donors (Lipinski definition) is 2. The Hall–Kier alpha value is 0.528. The maximum absolute atomic E-state index is 8.64. The monoisotopic (exact) mass is 374 g/mol. The normalized spacial score (nSPS) is 13.7. The van der Waals surface area contributed by atoms with Gasteiger partial charge in [0, 0.05) is 6.10 Å². The maximum Gasteiger partial charge on any atom is 2.00 e. The van der Waals surface area contributed by atoms with Crippen LogP contribution in [0.5, 0.6) is 0 Å². The summed E-state index contributed by atoms with van der Waals surface area (Å²) in [4.78, 5) is 1.70. The van der Waals surface area contributed by atoms with Gasteiger partial charge in [0.15, 0.2) is 0 Å². The van der Waals surface area contributed by atoms with Crippen molar-refractivity contribution in [2.75, 3.05) is 27.2 Å². The third kappa shape index (κ3) is 29.4. The second-order valence-corrected chi connectivity index (χ2v) is 3.24. The van der Waals surface area contributed by atoms with E-state index in [0.717, 1.165) is 0 Å². The van der Waals surface area contributed by atoms with Gasteiger partial charge in [-0.1, -0.05) is 0 Å². The Morgan fingerprint density at radius 1 is 1.29 bits per heavy atom. The van der Waals surface area contributed by atoms with E-state index in [1.54, 1.807) is 25.8 Å². The van der Waals surface area contributed by atoms with E-state index in [4.69, 9.17) is 10.2 Å². The fourth-order valence-electron chi connectivity index (χ4n) is 0.715. The van der Waals surface area contributed by atoms with Crippen LogP contribution in [0.1, 0.15) is 13.8 Å². The molecule has 14 heavy (non-hydrogen) atoms. The SMILES string of the molecule is C[N-]CC(C)O.[CH2-]N(C)CC(C)O.[W+2]. The van der Waals surface area contributed by atoms with Gasteiger partial charge in [-0.3, -0.25) is 7.05 Å². The number of rotatable bonds is 4. The molecule has 5 heteroatoms. The minimum Gasteiger partial charge on any atom is -0.663 e. The molecule has 0 aromatic carbocycles. The predicted octanol–water partition coefficient (Wildman–Crippen LogP) is 0.459. The summed E-state index contributed by atoms with van der Waals surface area (Å²) in [5.41, 5.74) is 0. The van der Waals surface area contributed by atoms with Gasteiger partial charge < -0.3 is 20.4 Å². The molecule has 0 aliphatic heterocycles. The summed E-state index contributed by atoms with van der Waals surface area (Å²) < 4.78 is 0. The van der Waals surface area contributed by atoms with Gasteiger partial charge in [0.1, 0.15) is 0 Å². The van der Waals surface area contributed by atoms with Crippen LogP contribution in [0, 0.1) is 7.05 Å². The van der Waals surface area contributed by atoms with E-state index in [1.807, 2.05) is 7.05 Å². The predicted molar refractivity (Wildman–Crippen MR) is 55.5 cm³/mol. The number of aliphatic hydroxyl groups excluding tert-OH is 2. The first-order chi connectivity index (χ1) is 5.90. The Morgan fingerprint density at radius 2 is 1.71 bits per heavy atom. The summed E-state index contributed by atoms with van der Waals surface area (Å²) in [6.45, 7) is 4.65. The molecule has 2 N–H and O–H groups in total. The van der Waals surface area contributed by atoms with Crippen molar-refractivity contribution < 1.29 is 31.3 Å². The van der Waals surface area contributed by atoms with Gasteiger partial charge in [0.05, 0.1) is 6.10 Å².